The Morgan fingerprint density at radius 2 is 1.74 bits per heavy atom. The second-order valence-corrected chi connectivity index (χ2v) is 13.3. The van der Waals surface area contributed by atoms with Crippen molar-refractivity contribution in [2.24, 2.45) is 22.9 Å². The highest BCUT2D eigenvalue weighted by atomic mass is 16.7. The first-order valence-electron chi connectivity index (χ1n) is 18.0. The van der Waals surface area contributed by atoms with Crippen LogP contribution >= 0.6 is 0 Å². The highest BCUT2D eigenvalue weighted by Crippen LogP contribution is 2.62. The van der Waals surface area contributed by atoms with Gasteiger partial charge in [-0.25, -0.2) is 4.68 Å². The summed E-state index contributed by atoms with van der Waals surface area (Å²) >= 11 is 0. The summed E-state index contributed by atoms with van der Waals surface area (Å²) in [5, 5.41) is 56.8. The van der Waals surface area contributed by atoms with E-state index in [1.165, 1.54) is 0 Å². The average molecular weight is 691 g/mol. The Morgan fingerprint density at radius 1 is 1.00 bits per heavy atom. The fourth-order valence-corrected chi connectivity index (χ4v) is 8.15. The molecule has 2 aromatic carbocycles. The van der Waals surface area contributed by atoms with Gasteiger partial charge in [0.1, 0.15) is 29.8 Å². The summed E-state index contributed by atoms with van der Waals surface area (Å²) in [7, 11) is 0. The summed E-state index contributed by atoms with van der Waals surface area (Å²) in [5.74, 6) is -1.99. The smallest absolute Gasteiger partial charge is 0.238 e. The summed E-state index contributed by atoms with van der Waals surface area (Å²) in [6.45, 7) is 5.03. The summed E-state index contributed by atoms with van der Waals surface area (Å²) in [5.41, 5.74) is 3.85. The minimum atomic E-state index is -1.81. The quantitative estimate of drug-likeness (QED) is 0.0803. The van der Waals surface area contributed by atoms with Gasteiger partial charge in [0, 0.05) is 44.3 Å². The Labute approximate surface area is 293 Å². The lowest BCUT2D eigenvalue weighted by molar-refractivity contribution is -0.227. The molecule has 1 fully saturated rings. The van der Waals surface area contributed by atoms with Gasteiger partial charge in [-0.2, -0.15) is 0 Å². The number of allylic oxidation sites excluding steroid dienone is 1. The molecule has 3 aromatic rings. The molecule has 6 unspecified atom stereocenters. The van der Waals surface area contributed by atoms with Crippen LogP contribution in [0.2, 0.25) is 0 Å². The van der Waals surface area contributed by atoms with Crippen molar-refractivity contribution in [2.75, 3.05) is 26.4 Å². The van der Waals surface area contributed by atoms with E-state index in [9.17, 15) is 20.4 Å². The van der Waals surface area contributed by atoms with Gasteiger partial charge in [-0.15, -0.1) is 5.10 Å². The molecule has 0 bridgehead atoms. The van der Waals surface area contributed by atoms with E-state index in [1.807, 2.05) is 44.2 Å². The van der Waals surface area contributed by atoms with Crippen LogP contribution in [0.5, 0.6) is 11.5 Å². The molecule has 1 aromatic heterocycles. The number of oxime groups is 1. The molecule has 0 radical (unpaired) electrons. The van der Waals surface area contributed by atoms with Gasteiger partial charge in [0.15, 0.2) is 0 Å². The molecule has 1 saturated carbocycles. The highest BCUT2D eigenvalue weighted by Gasteiger charge is 2.63. The van der Waals surface area contributed by atoms with Crippen LogP contribution in [0.25, 0.3) is 0 Å². The predicted molar refractivity (Wildman–Crippen MR) is 185 cm³/mol. The van der Waals surface area contributed by atoms with E-state index < -0.39 is 24.0 Å². The maximum absolute atomic E-state index is 13.2. The third-order valence-corrected chi connectivity index (χ3v) is 10.3. The number of rotatable bonds is 17. The summed E-state index contributed by atoms with van der Waals surface area (Å²) in [4.78, 5) is 6.04. The number of benzene rings is 2. The molecule has 0 spiro atoms. The normalized spacial score (nSPS) is 26.3. The standard InChI is InChI=1S/C38H50N4O8/c1-3-47-37(48-4-2)32-23-39-41-42(32)34-22-31(40-49-24-25-12-6-5-7-13-25)29-20-26(14-8-10-18-43)28(15-9-11-19-44)35-30-21-27(45)16-17-33(30)50-38(34,46)36(29)35/h5-7,12-13,16-17,20-21,23,26,28,34-37,43-46H,3-4,8-11,14-15,18-19,22,24H2,1-2H3. The lowest BCUT2D eigenvalue weighted by atomic mass is 9.55. The van der Waals surface area contributed by atoms with Crippen LogP contribution in [0.3, 0.4) is 0 Å². The number of hydrogen-bond donors (Lipinski definition) is 4. The van der Waals surface area contributed by atoms with E-state index >= 15 is 0 Å². The number of phenolic OH excluding ortho intramolecular Hbond substituents is 1. The van der Waals surface area contributed by atoms with Crippen molar-refractivity contribution in [3.05, 3.63) is 83.2 Å². The van der Waals surface area contributed by atoms with Crippen molar-refractivity contribution in [2.45, 2.75) is 89.4 Å². The molecule has 6 rings (SSSR count). The van der Waals surface area contributed by atoms with Gasteiger partial charge >= 0.3 is 0 Å². The number of fused-ring (bicyclic) bond motifs is 2. The molecule has 50 heavy (non-hydrogen) atoms. The SMILES string of the molecule is CCOC(OCC)c1cnnn1C1CC(=NOCc2ccccc2)C2=CC(CCCCO)C(CCCCO)C3c4cc(O)ccc4OC1(O)C23. The van der Waals surface area contributed by atoms with Gasteiger partial charge in [0.25, 0.3) is 0 Å². The van der Waals surface area contributed by atoms with Gasteiger partial charge in [-0.3, -0.25) is 0 Å². The number of nitrogens with zero attached hydrogens (tertiary/aromatic N) is 4. The van der Waals surface area contributed by atoms with E-state index in [4.69, 9.17) is 24.2 Å². The second-order valence-electron chi connectivity index (χ2n) is 13.3. The van der Waals surface area contributed by atoms with Crippen molar-refractivity contribution >= 4 is 5.71 Å². The largest absolute Gasteiger partial charge is 0.508 e. The van der Waals surface area contributed by atoms with Crippen LogP contribution in [-0.2, 0) is 20.9 Å². The molecule has 1 aliphatic heterocycles. The van der Waals surface area contributed by atoms with Crippen molar-refractivity contribution in [1.82, 2.24) is 15.0 Å². The molecule has 12 nitrogen and oxygen atoms in total. The lowest BCUT2D eigenvalue weighted by Gasteiger charge is -2.56. The van der Waals surface area contributed by atoms with Crippen molar-refractivity contribution < 1.29 is 39.5 Å². The number of phenols is 1. The van der Waals surface area contributed by atoms with E-state index in [2.05, 4.69) is 16.4 Å². The maximum Gasteiger partial charge on any atom is 0.238 e. The molecule has 2 heterocycles. The molecule has 6 atom stereocenters. The lowest BCUT2D eigenvalue weighted by Crippen LogP contribution is -2.62. The number of aliphatic hydroxyl groups excluding tert-OH is 2. The third kappa shape index (κ3) is 7.31. The number of hydrogen-bond acceptors (Lipinski definition) is 11. The van der Waals surface area contributed by atoms with E-state index in [0.717, 1.165) is 42.4 Å². The number of aromatic hydroxyl groups is 1. The van der Waals surface area contributed by atoms with E-state index in [1.54, 1.807) is 29.1 Å². The van der Waals surface area contributed by atoms with Crippen LogP contribution in [0.1, 0.15) is 93.9 Å². The average Bonchev–Trinajstić information content (AvgIpc) is 3.60. The third-order valence-electron chi connectivity index (χ3n) is 10.3. The zero-order chi connectivity index (χ0) is 35.1. The minimum absolute atomic E-state index is 0.0324. The summed E-state index contributed by atoms with van der Waals surface area (Å²) in [6.07, 6.45) is 7.83. The van der Waals surface area contributed by atoms with Crippen molar-refractivity contribution in [3.8, 4) is 11.5 Å². The number of aliphatic hydroxyl groups is 3. The summed E-state index contributed by atoms with van der Waals surface area (Å²) < 4.78 is 20.3. The first kappa shape index (κ1) is 36.0. The Kier molecular flexibility index (Phi) is 11.9. The fourth-order valence-electron chi connectivity index (χ4n) is 8.15. The first-order valence-corrected chi connectivity index (χ1v) is 18.0. The molecule has 2 aliphatic carbocycles. The summed E-state index contributed by atoms with van der Waals surface area (Å²) in [6, 6.07) is 14.1. The van der Waals surface area contributed by atoms with Crippen LogP contribution in [0.15, 0.2) is 71.5 Å². The molecule has 0 saturated heterocycles. The van der Waals surface area contributed by atoms with Gasteiger partial charge in [0.2, 0.25) is 12.1 Å². The Bertz CT molecular complexity index is 1610. The Morgan fingerprint density at radius 3 is 2.46 bits per heavy atom. The van der Waals surface area contributed by atoms with Gasteiger partial charge < -0.3 is 39.5 Å². The number of unbranched alkanes of at least 4 members (excludes halogenated alkanes) is 2. The van der Waals surface area contributed by atoms with E-state index in [-0.39, 0.29) is 49.7 Å². The van der Waals surface area contributed by atoms with Crippen LogP contribution in [0.4, 0.5) is 0 Å². The van der Waals surface area contributed by atoms with Gasteiger partial charge in [-0.05, 0) is 80.7 Å². The van der Waals surface area contributed by atoms with Crippen LogP contribution in [0, 0.1) is 17.8 Å². The van der Waals surface area contributed by atoms with Gasteiger partial charge in [0.05, 0.1) is 17.8 Å². The van der Waals surface area contributed by atoms with Crippen molar-refractivity contribution in [1.29, 1.82) is 0 Å². The second kappa shape index (κ2) is 16.5. The van der Waals surface area contributed by atoms with Crippen LogP contribution in [-0.4, -0.2) is 73.3 Å². The monoisotopic (exact) mass is 690 g/mol. The molecular weight excluding hydrogens is 640 g/mol. The number of ether oxygens (including phenoxy) is 3. The Hall–Kier alpha value is -3.81. The first-order chi connectivity index (χ1) is 24.4. The molecule has 3 aliphatic rings. The molecule has 4 N–H and O–H groups in total. The molecule has 0 amide bonds. The fraction of sp³-hybridized carbons (Fsp3) is 0.553. The molecular formula is C38H50N4O8. The predicted octanol–water partition coefficient (Wildman–Crippen LogP) is 5.55. The number of aromatic nitrogens is 3. The van der Waals surface area contributed by atoms with Crippen molar-refractivity contribution in [3.63, 3.8) is 0 Å². The Balaban J connectivity index is 1.52. The highest BCUT2D eigenvalue weighted by molar-refractivity contribution is 6.02. The van der Waals surface area contributed by atoms with Gasteiger partial charge in [-0.1, -0.05) is 59.6 Å². The molecule has 12 heteroatoms. The minimum Gasteiger partial charge on any atom is -0.508 e. The van der Waals surface area contributed by atoms with E-state index in [0.29, 0.717) is 43.2 Å². The molecule has 270 valence electrons. The maximum atomic E-state index is 13.2. The van der Waals surface area contributed by atoms with Crippen LogP contribution < -0.4 is 4.74 Å². The topological polar surface area (TPSA) is 161 Å². The zero-order valence-corrected chi connectivity index (χ0v) is 28.9. The zero-order valence-electron chi connectivity index (χ0n) is 28.9.